The Balaban J connectivity index is 0.00000420. The maximum absolute atomic E-state index is 12.3. The Kier molecular flexibility index (Phi) is 11.0. The summed E-state index contributed by atoms with van der Waals surface area (Å²) >= 11 is 0. The first kappa shape index (κ1) is 25.2. The highest BCUT2D eigenvalue weighted by molar-refractivity contribution is 14.0. The highest BCUT2D eigenvalue weighted by atomic mass is 127. The van der Waals surface area contributed by atoms with Crippen molar-refractivity contribution in [3.63, 3.8) is 0 Å². The van der Waals surface area contributed by atoms with Crippen LogP contribution in [0.15, 0.2) is 58.4 Å². The fourth-order valence-corrected chi connectivity index (χ4v) is 4.19. The second-order valence-electron chi connectivity index (χ2n) is 6.48. The van der Waals surface area contributed by atoms with Gasteiger partial charge in [0.15, 0.2) is 15.8 Å². The van der Waals surface area contributed by atoms with Crippen LogP contribution in [0.2, 0.25) is 0 Å². The summed E-state index contributed by atoms with van der Waals surface area (Å²) in [7, 11) is 0.126. The van der Waals surface area contributed by atoms with Gasteiger partial charge in [-0.05, 0) is 43.5 Å². The number of benzene rings is 2. The zero-order chi connectivity index (χ0) is 20.4. The molecule has 0 radical (unpaired) electrons. The van der Waals surface area contributed by atoms with E-state index >= 15 is 0 Å². The lowest BCUT2D eigenvalue weighted by molar-refractivity contribution is 0.409. The molecule has 29 heavy (non-hydrogen) atoms. The van der Waals surface area contributed by atoms with E-state index in [2.05, 4.69) is 28.6 Å². The molecule has 8 heteroatoms. The monoisotopic (exact) mass is 531 g/mol. The second-order valence-corrected chi connectivity index (χ2v) is 8.59. The van der Waals surface area contributed by atoms with E-state index in [4.69, 9.17) is 4.74 Å². The fourth-order valence-electron chi connectivity index (χ4n) is 2.85. The lowest BCUT2D eigenvalue weighted by Crippen LogP contribution is -2.39. The molecule has 0 unspecified atom stereocenters. The molecule has 2 aromatic rings. The van der Waals surface area contributed by atoms with E-state index in [9.17, 15) is 8.42 Å². The average molecular weight is 531 g/mol. The van der Waals surface area contributed by atoms with Gasteiger partial charge in [-0.2, -0.15) is 0 Å². The van der Waals surface area contributed by atoms with Crippen molar-refractivity contribution in [2.24, 2.45) is 4.99 Å². The van der Waals surface area contributed by atoms with Crippen molar-refractivity contribution in [3.05, 3.63) is 59.7 Å². The van der Waals surface area contributed by atoms with Crippen LogP contribution in [0.5, 0.6) is 5.75 Å². The Hall–Kier alpha value is -1.81. The maximum Gasteiger partial charge on any atom is 0.190 e. The summed E-state index contributed by atoms with van der Waals surface area (Å²) < 4.78 is 30.0. The van der Waals surface area contributed by atoms with Crippen molar-refractivity contribution in [1.29, 1.82) is 0 Å². The first-order chi connectivity index (χ1) is 13.5. The number of nitrogens with one attached hydrogen (secondary N) is 2. The van der Waals surface area contributed by atoms with Gasteiger partial charge in [0.2, 0.25) is 0 Å². The van der Waals surface area contributed by atoms with Gasteiger partial charge in [0.1, 0.15) is 5.75 Å². The van der Waals surface area contributed by atoms with Crippen LogP contribution in [0.3, 0.4) is 0 Å². The normalized spacial score (nSPS) is 11.5. The van der Waals surface area contributed by atoms with Crippen LogP contribution in [0.4, 0.5) is 0 Å². The van der Waals surface area contributed by atoms with Crippen molar-refractivity contribution in [2.45, 2.75) is 24.7 Å². The summed E-state index contributed by atoms with van der Waals surface area (Å²) in [6.45, 7) is 3.28. The lowest BCUT2D eigenvalue weighted by Gasteiger charge is -2.13. The summed E-state index contributed by atoms with van der Waals surface area (Å²) in [5, 5.41) is 6.41. The lowest BCUT2D eigenvalue weighted by atomic mass is 10.1. The van der Waals surface area contributed by atoms with Gasteiger partial charge in [-0.3, -0.25) is 4.99 Å². The number of halogens is 1. The Morgan fingerprint density at radius 3 is 2.41 bits per heavy atom. The zero-order valence-corrected chi connectivity index (χ0v) is 20.3. The van der Waals surface area contributed by atoms with Gasteiger partial charge in [-0.1, -0.05) is 35.9 Å². The van der Waals surface area contributed by atoms with Gasteiger partial charge in [-0.25, -0.2) is 8.42 Å². The summed E-state index contributed by atoms with van der Waals surface area (Å²) in [6, 6.07) is 14.7. The third kappa shape index (κ3) is 8.22. The van der Waals surface area contributed by atoms with Crippen LogP contribution in [0.1, 0.15) is 17.5 Å². The van der Waals surface area contributed by atoms with E-state index < -0.39 is 9.84 Å². The maximum atomic E-state index is 12.3. The molecule has 0 saturated heterocycles. The van der Waals surface area contributed by atoms with Gasteiger partial charge >= 0.3 is 0 Å². The number of aliphatic imine (C=N–C) groups is 1. The fraction of sp³-hybridized carbons (Fsp3) is 0.381. The average Bonchev–Trinajstić information content (AvgIpc) is 2.70. The summed E-state index contributed by atoms with van der Waals surface area (Å²) in [6.07, 6.45) is 1.30. The molecular formula is C21H30IN3O3S. The minimum atomic E-state index is -3.24. The largest absolute Gasteiger partial charge is 0.496 e. The quantitative estimate of drug-likeness (QED) is 0.225. The Bertz CT molecular complexity index is 887. The number of rotatable bonds is 9. The third-order valence-electron chi connectivity index (χ3n) is 4.33. The number of aryl methyl sites for hydroxylation is 1. The van der Waals surface area contributed by atoms with E-state index in [-0.39, 0.29) is 29.7 Å². The molecule has 6 nitrogen and oxygen atoms in total. The van der Waals surface area contributed by atoms with Gasteiger partial charge in [0.25, 0.3) is 0 Å². The van der Waals surface area contributed by atoms with E-state index in [1.54, 1.807) is 38.4 Å². The number of hydrogen-bond acceptors (Lipinski definition) is 4. The molecule has 160 valence electrons. The zero-order valence-electron chi connectivity index (χ0n) is 17.1. The Morgan fingerprint density at radius 2 is 1.76 bits per heavy atom. The summed E-state index contributed by atoms with van der Waals surface area (Å²) in [4.78, 5) is 4.55. The predicted octanol–water partition coefficient (Wildman–Crippen LogP) is 3.19. The number of methoxy groups -OCH3 is 1. The molecule has 2 rings (SSSR count). The van der Waals surface area contributed by atoms with Crippen LogP contribution < -0.4 is 15.4 Å². The number of sulfone groups is 1. The first-order valence-electron chi connectivity index (χ1n) is 9.32. The van der Waals surface area contributed by atoms with E-state index in [1.807, 2.05) is 18.2 Å². The van der Waals surface area contributed by atoms with Crippen LogP contribution in [-0.2, 0) is 16.3 Å². The van der Waals surface area contributed by atoms with Gasteiger partial charge in [0.05, 0.1) is 17.8 Å². The highest BCUT2D eigenvalue weighted by Crippen LogP contribution is 2.19. The SMILES string of the molecule is CN=C(NCCCS(=O)(=O)c1ccccc1)NCCc1cc(C)ccc1OC.I. The van der Waals surface area contributed by atoms with E-state index in [0.717, 1.165) is 17.7 Å². The van der Waals surface area contributed by atoms with Gasteiger partial charge in [0, 0.05) is 20.1 Å². The molecule has 0 saturated carbocycles. The first-order valence-corrected chi connectivity index (χ1v) is 11.0. The molecule has 0 aliphatic heterocycles. The van der Waals surface area contributed by atoms with Crippen LogP contribution in [0.25, 0.3) is 0 Å². The summed E-state index contributed by atoms with van der Waals surface area (Å²) in [5.74, 6) is 1.63. The van der Waals surface area contributed by atoms with Crippen molar-refractivity contribution >= 4 is 39.8 Å². The Labute approximate surface area is 191 Å². The van der Waals surface area contributed by atoms with E-state index in [1.165, 1.54) is 5.56 Å². The molecule has 2 aromatic carbocycles. The van der Waals surface area contributed by atoms with Gasteiger partial charge < -0.3 is 15.4 Å². The van der Waals surface area contributed by atoms with Crippen molar-refractivity contribution < 1.29 is 13.2 Å². The Morgan fingerprint density at radius 1 is 1.07 bits per heavy atom. The van der Waals surface area contributed by atoms with Crippen LogP contribution in [-0.4, -0.2) is 47.4 Å². The smallest absolute Gasteiger partial charge is 0.190 e. The molecule has 0 amide bonds. The minimum absolute atomic E-state index is 0. The highest BCUT2D eigenvalue weighted by Gasteiger charge is 2.13. The van der Waals surface area contributed by atoms with E-state index in [0.29, 0.717) is 30.4 Å². The topological polar surface area (TPSA) is 79.8 Å². The van der Waals surface area contributed by atoms with Crippen molar-refractivity contribution in [2.75, 3.05) is 33.0 Å². The molecule has 0 aliphatic carbocycles. The third-order valence-corrected chi connectivity index (χ3v) is 6.15. The van der Waals surface area contributed by atoms with Crippen molar-refractivity contribution in [1.82, 2.24) is 10.6 Å². The molecular weight excluding hydrogens is 501 g/mol. The molecule has 0 aliphatic rings. The number of nitrogens with zero attached hydrogens (tertiary/aromatic N) is 1. The van der Waals surface area contributed by atoms with Crippen LogP contribution in [0, 0.1) is 6.92 Å². The van der Waals surface area contributed by atoms with Crippen molar-refractivity contribution in [3.8, 4) is 5.75 Å². The summed E-state index contributed by atoms with van der Waals surface area (Å²) in [5.41, 5.74) is 2.33. The number of guanidine groups is 1. The second kappa shape index (κ2) is 12.7. The number of ether oxygens (including phenoxy) is 1. The van der Waals surface area contributed by atoms with Crippen LogP contribution >= 0.6 is 24.0 Å². The van der Waals surface area contributed by atoms with Gasteiger partial charge in [-0.15, -0.1) is 24.0 Å². The molecule has 0 aromatic heterocycles. The minimum Gasteiger partial charge on any atom is -0.496 e. The molecule has 0 spiro atoms. The molecule has 0 heterocycles. The standard InChI is InChI=1S/C21H29N3O3S.HI/c1-17-10-11-20(27-3)18(16-17)12-14-24-21(22-2)23-13-7-15-28(25,26)19-8-5-4-6-9-19;/h4-6,8-11,16H,7,12-15H2,1-3H3,(H2,22,23,24);1H. The molecule has 0 atom stereocenters. The molecule has 0 bridgehead atoms. The predicted molar refractivity (Wildman–Crippen MR) is 129 cm³/mol. The number of hydrogen-bond donors (Lipinski definition) is 2. The molecule has 2 N–H and O–H groups in total. The molecule has 0 fully saturated rings.